The van der Waals surface area contributed by atoms with Gasteiger partial charge in [0.2, 0.25) is 0 Å². The van der Waals surface area contributed by atoms with Crippen molar-refractivity contribution in [3.63, 3.8) is 0 Å². The minimum atomic E-state index is -3.71. The van der Waals surface area contributed by atoms with E-state index in [1.807, 2.05) is 6.07 Å². The summed E-state index contributed by atoms with van der Waals surface area (Å²) < 4.78 is 43.2. The lowest BCUT2D eigenvalue weighted by Crippen LogP contribution is -2.57. The Hall–Kier alpha value is -2.16. The molecule has 2 heterocycles. The molecule has 0 radical (unpaired) electrons. The number of likely N-dealkylation sites (N-methyl/N-ethyl adjacent to an activating group) is 1. The van der Waals surface area contributed by atoms with E-state index < -0.39 is 21.6 Å². The van der Waals surface area contributed by atoms with Crippen LogP contribution < -0.4 is 4.31 Å². The van der Waals surface area contributed by atoms with Gasteiger partial charge in [-0.3, -0.25) is 9.21 Å². The minimum Gasteiger partial charge on any atom is -0.508 e. The molecule has 0 aliphatic carbocycles. The van der Waals surface area contributed by atoms with Crippen molar-refractivity contribution in [2.75, 3.05) is 24.4 Å². The van der Waals surface area contributed by atoms with Crippen molar-refractivity contribution in [3.8, 4) is 5.75 Å². The second-order valence-corrected chi connectivity index (χ2v) is 12.0. The summed E-state index contributed by atoms with van der Waals surface area (Å²) in [6.45, 7) is 8.26. The summed E-state index contributed by atoms with van der Waals surface area (Å²) in [5, 5.41) is 10.2. The third kappa shape index (κ3) is 4.61. The largest absolute Gasteiger partial charge is 0.508 e. The Morgan fingerprint density at radius 2 is 1.97 bits per heavy atom. The molecule has 2 saturated heterocycles. The van der Waals surface area contributed by atoms with Crippen LogP contribution in [0.4, 0.5) is 10.1 Å². The average molecular weight is 476 g/mol. The summed E-state index contributed by atoms with van der Waals surface area (Å²) in [7, 11) is -2.11. The van der Waals surface area contributed by atoms with Gasteiger partial charge >= 0.3 is 10.2 Å². The van der Waals surface area contributed by atoms with E-state index in [1.54, 1.807) is 25.2 Å². The number of likely N-dealkylation sites (tertiary alicyclic amines) is 1. The molecule has 0 saturated carbocycles. The van der Waals surface area contributed by atoms with Crippen molar-refractivity contribution >= 4 is 15.9 Å². The Kier molecular flexibility index (Phi) is 6.46. The van der Waals surface area contributed by atoms with Crippen LogP contribution in [-0.2, 0) is 23.2 Å². The molecule has 2 aromatic rings. The molecule has 1 spiro atoms. The Morgan fingerprint density at radius 3 is 2.64 bits per heavy atom. The molecule has 2 aliphatic heterocycles. The van der Waals surface area contributed by atoms with Crippen LogP contribution in [0.2, 0.25) is 0 Å². The highest BCUT2D eigenvalue weighted by molar-refractivity contribution is 7.90. The predicted molar refractivity (Wildman–Crippen MR) is 129 cm³/mol. The Morgan fingerprint density at radius 1 is 1.21 bits per heavy atom. The maximum Gasteiger partial charge on any atom is 0.304 e. The van der Waals surface area contributed by atoms with Crippen LogP contribution in [0.25, 0.3) is 0 Å². The van der Waals surface area contributed by atoms with Gasteiger partial charge in [0.05, 0.1) is 11.2 Å². The third-order valence-electron chi connectivity index (χ3n) is 6.94. The highest BCUT2D eigenvalue weighted by Gasteiger charge is 2.55. The number of nitrogens with zero attached hydrogens (tertiary/aromatic N) is 3. The zero-order valence-electron chi connectivity index (χ0n) is 19.8. The van der Waals surface area contributed by atoms with Gasteiger partial charge in [0, 0.05) is 32.7 Å². The first kappa shape index (κ1) is 24.0. The molecule has 8 heteroatoms. The number of hydrogen-bond donors (Lipinski definition) is 1. The van der Waals surface area contributed by atoms with Crippen LogP contribution in [0.1, 0.15) is 44.7 Å². The average Bonchev–Trinajstić information content (AvgIpc) is 2.91. The summed E-state index contributed by atoms with van der Waals surface area (Å²) in [5.41, 5.74) is 1.89. The maximum atomic E-state index is 14.0. The fraction of sp³-hybridized carbons (Fsp3) is 0.520. The van der Waals surface area contributed by atoms with E-state index in [4.69, 9.17) is 0 Å². The summed E-state index contributed by atoms with van der Waals surface area (Å²) in [4.78, 5) is 2.37. The van der Waals surface area contributed by atoms with Crippen LogP contribution in [-0.4, -0.2) is 54.4 Å². The second-order valence-electron chi connectivity index (χ2n) is 10.1. The van der Waals surface area contributed by atoms with E-state index in [-0.39, 0.29) is 6.04 Å². The van der Waals surface area contributed by atoms with Crippen molar-refractivity contribution in [1.82, 2.24) is 9.21 Å². The molecule has 0 bridgehead atoms. The summed E-state index contributed by atoms with van der Waals surface area (Å²) in [6, 6.07) is 11.8. The fourth-order valence-electron chi connectivity index (χ4n) is 5.45. The third-order valence-corrected chi connectivity index (χ3v) is 8.91. The van der Waals surface area contributed by atoms with Crippen molar-refractivity contribution in [1.29, 1.82) is 0 Å². The van der Waals surface area contributed by atoms with E-state index in [9.17, 15) is 17.9 Å². The van der Waals surface area contributed by atoms with Crippen molar-refractivity contribution in [2.24, 2.45) is 5.92 Å². The molecule has 6 nitrogen and oxygen atoms in total. The maximum absolute atomic E-state index is 14.0. The topological polar surface area (TPSA) is 64.1 Å². The molecule has 0 amide bonds. The SMILES string of the molecule is CC(C)Cc1cc(CN2CC[C@@]3(C[C@@H]2C)CN(C)S(=O)(=O)N3c2cccc(F)c2)ccc1O. The van der Waals surface area contributed by atoms with Crippen LogP contribution in [0.3, 0.4) is 0 Å². The Balaban J connectivity index is 1.57. The summed E-state index contributed by atoms with van der Waals surface area (Å²) in [6.07, 6.45) is 2.14. The molecule has 180 valence electrons. The molecule has 2 aromatic carbocycles. The number of halogens is 1. The first-order chi connectivity index (χ1) is 15.5. The van der Waals surface area contributed by atoms with Crippen LogP contribution >= 0.6 is 0 Å². The number of anilines is 1. The monoisotopic (exact) mass is 475 g/mol. The number of hydrogen-bond acceptors (Lipinski definition) is 4. The summed E-state index contributed by atoms with van der Waals surface area (Å²) >= 11 is 0. The summed E-state index contributed by atoms with van der Waals surface area (Å²) in [5.74, 6) is 0.348. The van der Waals surface area contributed by atoms with Gasteiger partial charge in [0.15, 0.2) is 0 Å². The van der Waals surface area contributed by atoms with Gasteiger partial charge in [-0.1, -0.05) is 32.0 Å². The molecule has 2 atom stereocenters. The van der Waals surface area contributed by atoms with Crippen LogP contribution in [0.15, 0.2) is 42.5 Å². The lowest BCUT2D eigenvalue weighted by atomic mass is 9.82. The molecule has 2 fully saturated rings. The first-order valence-electron chi connectivity index (χ1n) is 11.6. The van der Waals surface area contributed by atoms with Gasteiger partial charge in [-0.25, -0.2) is 4.39 Å². The quantitative estimate of drug-likeness (QED) is 0.706. The number of rotatable bonds is 5. The molecule has 1 N–H and O–H groups in total. The lowest BCUT2D eigenvalue weighted by Gasteiger charge is -2.47. The molecule has 33 heavy (non-hydrogen) atoms. The Labute approximate surface area is 196 Å². The van der Waals surface area contributed by atoms with Gasteiger partial charge in [0.1, 0.15) is 11.6 Å². The number of piperidine rings is 1. The molecular weight excluding hydrogens is 441 g/mol. The standard InChI is InChI=1S/C25H34FN3O3S/c1-18(2)12-21-13-20(8-9-24(21)30)16-28-11-10-25(15-19(28)3)17-27(4)33(31,32)29(25)23-7-5-6-22(26)14-23/h5-9,13-14,18-19,30H,10-12,15-17H2,1-4H3/t19-,25+/m0/s1. The van der Waals surface area contributed by atoms with E-state index in [0.29, 0.717) is 36.7 Å². The number of phenolic OH excluding ortho intramolecular Hbond substituents is 1. The smallest absolute Gasteiger partial charge is 0.304 e. The lowest BCUT2D eigenvalue weighted by molar-refractivity contribution is 0.100. The van der Waals surface area contributed by atoms with Gasteiger partial charge in [-0.05, 0) is 67.5 Å². The van der Waals surface area contributed by atoms with Crippen LogP contribution in [0.5, 0.6) is 5.75 Å². The van der Waals surface area contributed by atoms with Gasteiger partial charge in [0.25, 0.3) is 0 Å². The molecule has 4 rings (SSSR count). The van der Waals surface area contributed by atoms with Crippen LogP contribution in [0, 0.1) is 11.7 Å². The van der Waals surface area contributed by atoms with Crippen molar-refractivity contribution < 1.29 is 17.9 Å². The zero-order valence-corrected chi connectivity index (χ0v) is 20.6. The first-order valence-corrected chi connectivity index (χ1v) is 13.0. The highest BCUT2D eigenvalue weighted by atomic mass is 32.2. The second kappa shape index (κ2) is 8.89. The Bertz CT molecular complexity index is 1120. The zero-order chi connectivity index (χ0) is 24.0. The number of aromatic hydroxyl groups is 1. The van der Waals surface area contributed by atoms with E-state index in [2.05, 4.69) is 31.7 Å². The van der Waals surface area contributed by atoms with E-state index in [1.165, 1.54) is 20.7 Å². The number of phenols is 1. The predicted octanol–water partition coefficient (Wildman–Crippen LogP) is 4.15. The highest BCUT2D eigenvalue weighted by Crippen LogP contribution is 2.44. The van der Waals surface area contributed by atoms with Gasteiger partial charge in [-0.2, -0.15) is 12.7 Å². The molecule has 0 aromatic heterocycles. The molecular formula is C25H34FN3O3S. The minimum absolute atomic E-state index is 0.138. The van der Waals surface area contributed by atoms with E-state index in [0.717, 1.165) is 30.6 Å². The van der Waals surface area contributed by atoms with Gasteiger partial charge in [-0.15, -0.1) is 0 Å². The van der Waals surface area contributed by atoms with Crippen molar-refractivity contribution in [3.05, 3.63) is 59.4 Å². The van der Waals surface area contributed by atoms with Gasteiger partial charge < -0.3 is 5.11 Å². The molecule has 2 aliphatic rings. The molecule has 0 unspecified atom stereocenters. The van der Waals surface area contributed by atoms with Crippen molar-refractivity contribution in [2.45, 2.75) is 58.2 Å². The fourth-order valence-corrected chi connectivity index (χ4v) is 7.22. The number of benzene rings is 2. The normalized spacial score (nSPS) is 25.9. The van der Waals surface area contributed by atoms with E-state index >= 15 is 0 Å².